The highest BCUT2D eigenvalue weighted by atomic mass is 35.5. The largest absolute Gasteiger partial charge is 0.497 e. The lowest BCUT2D eigenvalue weighted by Crippen LogP contribution is -2.35. The highest BCUT2D eigenvalue weighted by Crippen LogP contribution is 2.30. The smallest absolute Gasteiger partial charge is 0.258 e. The van der Waals surface area contributed by atoms with E-state index in [1.54, 1.807) is 42.3 Å². The first kappa shape index (κ1) is 21.9. The Balaban J connectivity index is 1.51. The van der Waals surface area contributed by atoms with Crippen LogP contribution in [0, 0.1) is 0 Å². The number of rotatable bonds is 5. The second-order valence-electron chi connectivity index (χ2n) is 7.88. The summed E-state index contributed by atoms with van der Waals surface area (Å²) in [5.41, 5.74) is 3.98. The number of nitrogens with zero attached hydrogens (tertiary/aromatic N) is 1. The van der Waals surface area contributed by atoms with Gasteiger partial charge in [-0.25, -0.2) is 0 Å². The molecule has 0 saturated carbocycles. The number of halogens is 1. The van der Waals surface area contributed by atoms with Crippen molar-refractivity contribution < 1.29 is 14.3 Å². The third-order valence-electron chi connectivity index (χ3n) is 5.74. The minimum atomic E-state index is -0.148. The van der Waals surface area contributed by atoms with Gasteiger partial charge in [-0.15, -0.1) is 0 Å². The Morgan fingerprint density at radius 2 is 1.81 bits per heavy atom. The van der Waals surface area contributed by atoms with E-state index in [1.165, 1.54) is 0 Å². The minimum absolute atomic E-state index is 0.0845. The van der Waals surface area contributed by atoms with Crippen LogP contribution in [-0.4, -0.2) is 25.5 Å². The maximum atomic E-state index is 13.1. The van der Waals surface area contributed by atoms with Crippen LogP contribution in [-0.2, 0) is 6.42 Å². The van der Waals surface area contributed by atoms with Crippen molar-refractivity contribution in [3.8, 4) is 5.75 Å². The summed E-state index contributed by atoms with van der Waals surface area (Å²) >= 11 is 6.06. The zero-order valence-electron chi connectivity index (χ0n) is 18.1. The molecule has 6 heteroatoms. The van der Waals surface area contributed by atoms with E-state index in [9.17, 15) is 9.59 Å². The van der Waals surface area contributed by atoms with Crippen LogP contribution in [0.4, 0.5) is 5.69 Å². The van der Waals surface area contributed by atoms with E-state index in [0.29, 0.717) is 22.7 Å². The number of carbonyl (C=O) groups excluding carboxylic acids is 2. The van der Waals surface area contributed by atoms with Crippen LogP contribution < -0.4 is 15.0 Å². The summed E-state index contributed by atoms with van der Waals surface area (Å²) in [6.45, 7) is 2.59. The zero-order valence-corrected chi connectivity index (χ0v) is 18.9. The number of methoxy groups -OCH3 is 1. The van der Waals surface area contributed by atoms with Crippen molar-refractivity contribution in [3.05, 3.63) is 94.0 Å². The van der Waals surface area contributed by atoms with E-state index >= 15 is 0 Å². The van der Waals surface area contributed by atoms with E-state index in [2.05, 4.69) is 5.32 Å². The van der Waals surface area contributed by atoms with Crippen molar-refractivity contribution in [3.63, 3.8) is 0 Å². The molecular formula is C26H25ClN2O3. The van der Waals surface area contributed by atoms with Crippen LogP contribution in [0.1, 0.15) is 51.2 Å². The molecule has 5 nitrogen and oxygen atoms in total. The van der Waals surface area contributed by atoms with Gasteiger partial charge in [0.25, 0.3) is 11.8 Å². The van der Waals surface area contributed by atoms with Crippen molar-refractivity contribution in [2.75, 3.05) is 18.6 Å². The Labute approximate surface area is 193 Å². The first-order chi connectivity index (χ1) is 15.5. The maximum absolute atomic E-state index is 13.1. The maximum Gasteiger partial charge on any atom is 0.258 e. The first-order valence-corrected chi connectivity index (χ1v) is 11.0. The summed E-state index contributed by atoms with van der Waals surface area (Å²) in [7, 11) is 1.62. The van der Waals surface area contributed by atoms with Gasteiger partial charge >= 0.3 is 0 Å². The Hall–Kier alpha value is -3.31. The van der Waals surface area contributed by atoms with Crippen LogP contribution in [0.15, 0.2) is 66.7 Å². The van der Waals surface area contributed by atoms with Gasteiger partial charge in [-0.2, -0.15) is 0 Å². The highest BCUT2D eigenvalue weighted by molar-refractivity contribution is 6.31. The SMILES string of the molecule is COc1ccc(C(C)NC(=O)c2ccc3c(c2)CCCN3C(=O)c2cccc(Cl)c2)cc1. The fourth-order valence-electron chi connectivity index (χ4n) is 3.98. The van der Waals surface area contributed by atoms with Crippen molar-refractivity contribution in [1.82, 2.24) is 5.32 Å². The molecule has 0 spiro atoms. The molecule has 2 amide bonds. The Morgan fingerprint density at radius 3 is 2.53 bits per heavy atom. The van der Waals surface area contributed by atoms with Crippen LogP contribution in [0.5, 0.6) is 5.75 Å². The third kappa shape index (κ3) is 4.63. The second-order valence-corrected chi connectivity index (χ2v) is 8.32. The zero-order chi connectivity index (χ0) is 22.7. The predicted octanol–water partition coefficient (Wildman–Crippen LogP) is 5.43. The van der Waals surface area contributed by atoms with Gasteiger partial charge in [0.2, 0.25) is 0 Å². The summed E-state index contributed by atoms with van der Waals surface area (Å²) < 4.78 is 5.19. The number of amides is 2. The summed E-state index contributed by atoms with van der Waals surface area (Å²) in [5, 5.41) is 3.58. The lowest BCUT2D eigenvalue weighted by Gasteiger charge is -2.30. The van der Waals surface area contributed by atoms with Crippen LogP contribution >= 0.6 is 11.6 Å². The number of carbonyl (C=O) groups is 2. The number of nitrogens with one attached hydrogen (secondary N) is 1. The topological polar surface area (TPSA) is 58.6 Å². The lowest BCUT2D eigenvalue weighted by molar-refractivity contribution is 0.0939. The van der Waals surface area contributed by atoms with Crippen LogP contribution in [0.2, 0.25) is 5.02 Å². The number of aryl methyl sites for hydroxylation is 1. The monoisotopic (exact) mass is 448 g/mol. The number of hydrogen-bond donors (Lipinski definition) is 1. The Bertz CT molecular complexity index is 1140. The molecule has 32 heavy (non-hydrogen) atoms. The molecule has 164 valence electrons. The van der Waals surface area contributed by atoms with Crippen LogP contribution in [0.3, 0.4) is 0 Å². The third-order valence-corrected chi connectivity index (χ3v) is 5.98. The molecule has 1 atom stereocenters. The Morgan fingerprint density at radius 1 is 1.03 bits per heavy atom. The van der Waals surface area contributed by atoms with E-state index < -0.39 is 0 Å². The number of fused-ring (bicyclic) bond motifs is 1. The molecule has 0 aliphatic carbocycles. The number of ether oxygens (including phenoxy) is 1. The molecule has 0 fully saturated rings. The molecule has 0 aromatic heterocycles. The van der Waals surface area contributed by atoms with E-state index in [4.69, 9.17) is 16.3 Å². The van der Waals surface area contributed by atoms with E-state index in [0.717, 1.165) is 35.4 Å². The lowest BCUT2D eigenvalue weighted by atomic mass is 9.97. The average molecular weight is 449 g/mol. The summed E-state index contributed by atoms with van der Waals surface area (Å²) in [6.07, 6.45) is 1.66. The molecule has 1 heterocycles. The summed E-state index contributed by atoms with van der Waals surface area (Å²) in [5.74, 6) is 0.548. The van der Waals surface area contributed by atoms with Crippen molar-refractivity contribution in [1.29, 1.82) is 0 Å². The van der Waals surface area contributed by atoms with Crippen molar-refractivity contribution in [2.45, 2.75) is 25.8 Å². The molecule has 3 aromatic carbocycles. The molecule has 0 radical (unpaired) electrons. The molecular weight excluding hydrogens is 424 g/mol. The van der Waals surface area contributed by atoms with Gasteiger partial charge in [0.05, 0.1) is 13.2 Å². The van der Waals surface area contributed by atoms with Gasteiger partial charge in [-0.1, -0.05) is 29.8 Å². The number of hydrogen-bond acceptors (Lipinski definition) is 3. The molecule has 4 rings (SSSR count). The normalized spacial score (nSPS) is 13.8. The summed E-state index contributed by atoms with van der Waals surface area (Å²) in [6, 6.07) is 20.0. The predicted molar refractivity (Wildman–Crippen MR) is 127 cm³/mol. The molecule has 1 unspecified atom stereocenters. The molecule has 1 N–H and O–H groups in total. The average Bonchev–Trinajstić information content (AvgIpc) is 2.82. The molecule has 0 saturated heterocycles. The Kier molecular flexibility index (Phi) is 6.47. The quantitative estimate of drug-likeness (QED) is 0.566. The standard InChI is InChI=1S/C26H25ClN2O3/c1-17(18-8-11-23(32-2)12-9-18)28-25(30)20-10-13-24-19(15-20)6-4-14-29(24)26(31)21-5-3-7-22(27)16-21/h3,5,7-13,15-17H,4,6,14H2,1-2H3,(H,28,30). The van der Waals surface area contributed by atoms with Gasteiger partial charge in [0.15, 0.2) is 0 Å². The molecule has 0 bridgehead atoms. The molecule has 1 aliphatic rings. The molecule has 3 aromatic rings. The van der Waals surface area contributed by atoms with Gasteiger partial charge in [-0.05, 0) is 79.4 Å². The first-order valence-electron chi connectivity index (χ1n) is 10.6. The number of benzene rings is 3. The van der Waals surface area contributed by atoms with Crippen LogP contribution in [0.25, 0.3) is 0 Å². The van der Waals surface area contributed by atoms with Gasteiger partial charge in [0.1, 0.15) is 5.75 Å². The van der Waals surface area contributed by atoms with Crippen molar-refractivity contribution >= 4 is 29.1 Å². The fraction of sp³-hybridized carbons (Fsp3) is 0.231. The van der Waals surface area contributed by atoms with E-state index in [-0.39, 0.29) is 17.9 Å². The fourth-order valence-corrected chi connectivity index (χ4v) is 4.17. The van der Waals surface area contributed by atoms with Gasteiger partial charge in [0, 0.05) is 28.4 Å². The van der Waals surface area contributed by atoms with E-state index in [1.807, 2.05) is 43.3 Å². The van der Waals surface area contributed by atoms with Crippen molar-refractivity contribution in [2.24, 2.45) is 0 Å². The second kappa shape index (κ2) is 9.45. The molecule has 1 aliphatic heterocycles. The van der Waals surface area contributed by atoms with Gasteiger partial charge < -0.3 is 15.0 Å². The summed E-state index contributed by atoms with van der Waals surface area (Å²) in [4.78, 5) is 27.7. The highest BCUT2D eigenvalue weighted by Gasteiger charge is 2.25. The number of anilines is 1. The van der Waals surface area contributed by atoms with Gasteiger partial charge in [-0.3, -0.25) is 9.59 Å². The minimum Gasteiger partial charge on any atom is -0.497 e.